The van der Waals surface area contributed by atoms with Gasteiger partial charge in [0.2, 0.25) is 5.91 Å². The zero-order valence-electron chi connectivity index (χ0n) is 23.2. The number of aliphatic hydroxyl groups excluding tert-OH is 3. The van der Waals surface area contributed by atoms with Gasteiger partial charge in [-0.1, -0.05) is 122 Å². The number of carbonyl (C=O) groups excluding carboxylic acids is 1. The van der Waals surface area contributed by atoms with Crippen molar-refractivity contribution < 1.29 is 20.1 Å². The van der Waals surface area contributed by atoms with E-state index in [1.807, 2.05) is 0 Å². The van der Waals surface area contributed by atoms with Gasteiger partial charge in [0.05, 0.1) is 18.8 Å². The van der Waals surface area contributed by atoms with Crippen molar-refractivity contribution in [3.8, 4) is 0 Å². The third-order valence-electron chi connectivity index (χ3n) is 6.87. The van der Waals surface area contributed by atoms with Gasteiger partial charge in [-0.3, -0.25) is 4.79 Å². The second-order valence-corrected chi connectivity index (χ2v) is 10.3. The molecule has 0 aliphatic rings. The van der Waals surface area contributed by atoms with Gasteiger partial charge in [0.15, 0.2) is 0 Å². The lowest BCUT2D eigenvalue weighted by Gasteiger charge is -2.26. The molecule has 0 aromatic rings. The summed E-state index contributed by atoms with van der Waals surface area (Å²) >= 11 is 0. The Bertz CT molecular complexity index is 483. The Kier molecular flexibility index (Phi) is 25.5. The average Bonchev–Trinajstić information content (AvgIpc) is 2.86. The van der Waals surface area contributed by atoms with Crippen LogP contribution in [0.1, 0.15) is 149 Å². The minimum Gasteiger partial charge on any atom is -0.394 e. The number of rotatable bonds is 26. The second-order valence-electron chi connectivity index (χ2n) is 10.3. The average molecular weight is 498 g/mol. The summed E-state index contributed by atoms with van der Waals surface area (Å²) in [6, 6.07) is -0.807. The highest BCUT2D eigenvalue weighted by Crippen LogP contribution is 2.14. The van der Waals surface area contributed by atoms with Crippen LogP contribution in [0.25, 0.3) is 0 Å². The first-order valence-corrected chi connectivity index (χ1v) is 15.0. The van der Waals surface area contributed by atoms with Crippen molar-refractivity contribution in [1.29, 1.82) is 0 Å². The molecule has 0 saturated carbocycles. The fourth-order valence-corrected chi connectivity index (χ4v) is 4.43. The van der Waals surface area contributed by atoms with E-state index in [9.17, 15) is 20.1 Å². The number of nitrogens with one attached hydrogen (secondary N) is 1. The molecule has 5 heteroatoms. The Balaban J connectivity index is 3.80. The summed E-state index contributed by atoms with van der Waals surface area (Å²) in [5.74, 6) is -0.163. The van der Waals surface area contributed by atoms with Crippen molar-refractivity contribution in [2.45, 2.75) is 167 Å². The van der Waals surface area contributed by atoms with Crippen molar-refractivity contribution in [3.63, 3.8) is 0 Å². The van der Waals surface area contributed by atoms with Crippen LogP contribution in [0.2, 0.25) is 0 Å². The molecule has 0 spiro atoms. The second kappa shape index (κ2) is 26.2. The minimum atomic E-state index is -1.13. The Morgan fingerprint density at radius 1 is 0.686 bits per heavy atom. The molecule has 5 nitrogen and oxygen atoms in total. The number of aliphatic hydroxyl groups is 3. The lowest BCUT2D eigenvalue weighted by molar-refractivity contribution is -0.124. The SMILES string of the molecule is CCCC/C=C\CCCCCCC(=O)NC(CO)C(O)C(O)CCCCCCCCCCCCC. The summed E-state index contributed by atoms with van der Waals surface area (Å²) in [5.41, 5.74) is 0. The van der Waals surface area contributed by atoms with Crippen molar-refractivity contribution in [2.75, 3.05) is 6.61 Å². The first-order valence-electron chi connectivity index (χ1n) is 15.0. The highest BCUT2D eigenvalue weighted by molar-refractivity contribution is 5.76. The van der Waals surface area contributed by atoms with Crippen LogP contribution in [0.4, 0.5) is 0 Å². The number of allylic oxidation sites excluding steroid dienone is 2. The lowest BCUT2D eigenvalue weighted by atomic mass is 9.99. The van der Waals surface area contributed by atoms with Gasteiger partial charge in [-0.15, -0.1) is 0 Å². The van der Waals surface area contributed by atoms with Crippen LogP contribution in [0.3, 0.4) is 0 Å². The molecular formula is C30H59NO4. The zero-order valence-corrected chi connectivity index (χ0v) is 23.2. The van der Waals surface area contributed by atoms with Gasteiger partial charge in [-0.05, 0) is 32.1 Å². The Hall–Kier alpha value is -0.910. The highest BCUT2D eigenvalue weighted by Gasteiger charge is 2.26. The molecule has 208 valence electrons. The third kappa shape index (κ3) is 22.0. The predicted octanol–water partition coefficient (Wildman–Crippen LogP) is 6.97. The molecule has 0 aromatic carbocycles. The van der Waals surface area contributed by atoms with E-state index in [-0.39, 0.29) is 12.5 Å². The summed E-state index contributed by atoms with van der Waals surface area (Å²) in [7, 11) is 0. The van der Waals surface area contributed by atoms with Gasteiger partial charge in [0.25, 0.3) is 0 Å². The molecule has 4 N–H and O–H groups in total. The fraction of sp³-hybridized carbons (Fsp3) is 0.900. The van der Waals surface area contributed by atoms with Gasteiger partial charge in [0.1, 0.15) is 6.10 Å². The molecule has 1 amide bonds. The summed E-state index contributed by atoms with van der Waals surface area (Å²) in [5, 5.41) is 33.0. The Morgan fingerprint density at radius 2 is 1.17 bits per heavy atom. The maximum Gasteiger partial charge on any atom is 0.220 e. The third-order valence-corrected chi connectivity index (χ3v) is 6.87. The number of hydrogen-bond donors (Lipinski definition) is 4. The van der Waals surface area contributed by atoms with Crippen LogP contribution in [0, 0.1) is 0 Å². The Morgan fingerprint density at radius 3 is 1.74 bits per heavy atom. The first kappa shape index (κ1) is 34.1. The van der Waals surface area contributed by atoms with E-state index >= 15 is 0 Å². The summed E-state index contributed by atoms with van der Waals surface area (Å²) in [4.78, 5) is 12.2. The molecule has 0 aromatic heterocycles. The molecule has 35 heavy (non-hydrogen) atoms. The largest absolute Gasteiger partial charge is 0.394 e. The van der Waals surface area contributed by atoms with Crippen LogP contribution in [-0.2, 0) is 4.79 Å². The smallest absolute Gasteiger partial charge is 0.220 e. The van der Waals surface area contributed by atoms with E-state index in [0.29, 0.717) is 12.8 Å². The van der Waals surface area contributed by atoms with E-state index in [1.54, 1.807) is 0 Å². The van der Waals surface area contributed by atoms with Gasteiger partial charge < -0.3 is 20.6 Å². The maximum atomic E-state index is 12.2. The summed E-state index contributed by atoms with van der Waals surface area (Å²) in [6.45, 7) is 4.08. The molecule has 0 rings (SSSR count). The van der Waals surface area contributed by atoms with Crippen LogP contribution in [0.15, 0.2) is 12.2 Å². The normalized spacial score (nSPS) is 14.3. The number of hydrogen-bond acceptors (Lipinski definition) is 4. The first-order chi connectivity index (χ1) is 17.1. The van der Waals surface area contributed by atoms with Crippen LogP contribution in [0.5, 0.6) is 0 Å². The molecule has 0 aliphatic carbocycles. The van der Waals surface area contributed by atoms with Gasteiger partial charge >= 0.3 is 0 Å². The van der Waals surface area contributed by atoms with E-state index in [1.165, 1.54) is 70.6 Å². The van der Waals surface area contributed by atoms with Crippen molar-refractivity contribution in [2.24, 2.45) is 0 Å². The molecule has 0 radical (unpaired) electrons. The molecule has 0 fully saturated rings. The van der Waals surface area contributed by atoms with Crippen LogP contribution < -0.4 is 5.32 Å². The number of unbranched alkanes of at least 4 members (excludes halogenated alkanes) is 16. The molecule has 3 unspecified atom stereocenters. The van der Waals surface area contributed by atoms with E-state index < -0.39 is 18.2 Å². The number of carbonyl (C=O) groups is 1. The molecule has 0 bridgehead atoms. The zero-order chi connectivity index (χ0) is 26.0. The van der Waals surface area contributed by atoms with Crippen LogP contribution in [-0.4, -0.2) is 46.1 Å². The van der Waals surface area contributed by atoms with E-state index in [4.69, 9.17) is 0 Å². The van der Waals surface area contributed by atoms with Crippen molar-refractivity contribution in [1.82, 2.24) is 5.32 Å². The predicted molar refractivity (Wildman–Crippen MR) is 148 cm³/mol. The van der Waals surface area contributed by atoms with Gasteiger partial charge in [0, 0.05) is 6.42 Å². The maximum absolute atomic E-state index is 12.2. The van der Waals surface area contributed by atoms with Crippen molar-refractivity contribution in [3.05, 3.63) is 12.2 Å². The molecule has 0 saturated heterocycles. The molecule has 0 aliphatic heterocycles. The van der Waals surface area contributed by atoms with Gasteiger partial charge in [-0.25, -0.2) is 0 Å². The lowest BCUT2D eigenvalue weighted by Crippen LogP contribution is -2.50. The monoisotopic (exact) mass is 497 g/mol. The highest BCUT2D eigenvalue weighted by atomic mass is 16.3. The summed E-state index contributed by atoms with van der Waals surface area (Å²) < 4.78 is 0. The van der Waals surface area contributed by atoms with Gasteiger partial charge in [-0.2, -0.15) is 0 Å². The van der Waals surface area contributed by atoms with Crippen molar-refractivity contribution >= 4 is 5.91 Å². The number of amides is 1. The fourth-order valence-electron chi connectivity index (χ4n) is 4.43. The molecule has 0 heterocycles. The Labute approximate surface area is 217 Å². The van der Waals surface area contributed by atoms with E-state index in [0.717, 1.165) is 51.4 Å². The quantitative estimate of drug-likeness (QED) is 0.0767. The summed E-state index contributed by atoms with van der Waals surface area (Å²) in [6.07, 6.45) is 25.8. The van der Waals surface area contributed by atoms with E-state index in [2.05, 4.69) is 31.3 Å². The molecule has 3 atom stereocenters. The minimum absolute atomic E-state index is 0.163. The molecular weight excluding hydrogens is 438 g/mol. The topological polar surface area (TPSA) is 89.8 Å². The van der Waals surface area contributed by atoms with Crippen LogP contribution >= 0.6 is 0 Å². The standard InChI is InChI=1S/C30H59NO4/c1-3-5-7-9-11-13-15-16-18-20-22-24-28(33)30(35)27(26-32)31-29(34)25-23-21-19-17-14-12-10-8-6-4-2/h10,12,27-28,30,32-33,35H,3-9,11,13-26H2,1-2H3,(H,31,34)/b12-10-.